The molecule has 0 radical (unpaired) electrons. The van der Waals surface area contributed by atoms with Gasteiger partial charge in [0.25, 0.3) is 0 Å². The van der Waals surface area contributed by atoms with Crippen LogP contribution in [0.25, 0.3) is 45.3 Å². The van der Waals surface area contributed by atoms with Gasteiger partial charge in [0, 0.05) is 5.56 Å². The van der Waals surface area contributed by atoms with Gasteiger partial charge in [-0.1, -0.05) is 78.9 Å². The van der Waals surface area contributed by atoms with Gasteiger partial charge in [0.15, 0.2) is 17.5 Å². The van der Waals surface area contributed by atoms with Gasteiger partial charge in [-0.25, -0.2) is 23.7 Å². The van der Waals surface area contributed by atoms with Gasteiger partial charge in [0.1, 0.15) is 11.6 Å². The van der Waals surface area contributed by atoms with Gasteiger partial charge in [0.2, 0.25) is 0 Å². The monoisotopic (exact) mass is 421 g/mol. The number of nitrogens with zero attached hydrogens (tertiary/aromatic N) is 3. The van der Waals surface area contributed by atoms with Crippen LogP contribution in [0.4, 0.5) is 8.78 Å². The van der Waals surface area contributed by atoms with Crippen molar-refractivity contribution in [2.75, 3.05) is 0 Å². The van der Waals surface area contributed by atoms with E-state index in [1.807, 2.05) is 54.6 Å². The lowest BCUT2D eigenvalue weighted by atomic mass is 9.99. The van der Waals surface area contributed by atoms with Gasteiger partial charge in [-0.15, -0.1) is 0 Å². The van der Waals surface area contributed by atoms with Crippen molar-refractivity contribution in [3.63, 3.8) is 0 Å². The Labute approximate surface area is 184 Å². The van der Waals surface area contributed by atoms with E-state index in [1.54, 1.807) is 36.4 Å². The highest BCUT2D eigenvalue weighted by Gasteiger charge is 2.18. The molecule has 4 aromatic carbocycles. The summed E-state index contributed by atoms with van der Waals surface area (Å²) in [5, 5.41) is 0. The summed E-state index contributed by atoms with van der Waals surface area (Å²) in [7, 11) is 0. The summed E-state index contributed by atoms with van der Waals surface area (Å²) in [6, 6.07) is 30.0. The van der Waals surface area contributed by atoms with Crippen LogP contribution in [0.15, 0.2) is 103 Å². The lowest BCUT2D eigenvalue weighted by Crippen LogP contribution is -2.02. The Balaban J connectivity index is 1.77. The second kappa shape index (κ2) is 8.47. The molecule has 0 aliphatic carbocycles. The maximum atomic E-state index is 14.6. The molecular weight excluding hydrogens is 404 g/mol. The molecule has 0 N–H and O–H groups in total. The lowest BCUT2D eigenvalue weighted by molar-refractivity contribution is 0.628. The molecule has 0 saturated carbocycles. The fraction of sp³-hybridized carbons (Fsp3) is 0. The number of hydrogen-bond donors (Lipinski definition) is 0. The number of hydrogen-bond acceptors (Lipinski definition) is 3. The molecule has 0 aliphatic rings. The van der Waals surface area contributed by atoms with Gasteiger partial charge >= 0.3 is 0 Å². The quantitative estimate of drug-likeness (QED) is 0.320. The third-order valence-corrected chi connectivity index (χ3v) is 5.12. The minimum Gasteiger partial charge on any atom is -0.208 e. The number of halogens is 2. The average Bonchev–Trinajstić information content (AvgIpc) is 2.85. The van der Waals surface area contributed by atoms with Gasteiger partial charge < -0.3 is 0 Å². The molecule has 0 saturated heterocycles. The first-order valence-electron chi connectivity index (χ1n) is 10.1. The van der Waals surface area contributed by atoms with Crippen LogP contribution in [-0.4, -0.2) is 15.0 Å². The minimum atomic E-state index is -0.458. The highest BCUT2D eigenvalue weighted by molar-refractivity contribution is 5.81. The zero-order valence-electron chi connectivity index (χ0n) is 16.9. The van der Waals surface area contributed by atoms with Crippen LogP contribution >= 0.6 is 0 Å². The predicted octanol–water partition coefficient (Wildman–Crippen LogP) is 6.82. The van der Waals surface area contributed by atoms with E-state index in [1.165, 1.54) is 12.1 Å². The molecule has 0 spiro atoms. The van der Waals surface area contributed by atoms with Crippen LogP contribution in [0.5, 0.6) is 0 Å². The minimum absolute atomic E-state index is 0.147. The van der Waals surface area contributed by atoms with Crippen molar-refractivity contribution in [3.05, 3.63) is 115 Å². The van der Waals surface area contributed by atoms with Crippen LogP contribution < -0.4 is 0 Å². The summed E-state index contributed by atoms with van der Waals surface area (Å²) in [6.45, 7) is 0. The van der Waals surface area contributed by atoms with Crippen molar-refractivity contribution in [2.24, 2.45) is 0 Å². The fourth-order valence-electron chi connectivity index (χ4n) is 3.57. The third kappa shape index (κ3) is 3.76. The van der Waals surface area contributed by atoms with Gasteiger partial charge in [0.05, 0.1) is 11.1 Å². The van der Waals surface area contributed by atoms with E-state index in [9.17, 15) is 8.78 Å². The summed E-state index contributed by atoms with van der Waals surface area (Å²) in [5.41, 5.74) is 3.11. The van der Waals surface area contributed by atoms with E-state index in [2.05, 4.69) is 15.0 Å². The predicted molar refractivity (Wildman–Crippen MR) is 121 cm³/mol. The molecule has 0 aliphatic heterocycles. The van der Waals surface area contributed by atoms with Crippen molar-refractivity contribution in [1.29, 1.82) is 0 Å². The molecule has 32 heavy (non-hydrogen) atoms. The largest absolute Gasteiger partial charge is 0.208 e. The first kappa shape index (κ1) is 19.7. The topological polar surface area (TPSA) is 38.7 Å². The van der Waals surface area contributed by atoms with Crippen LogP contribution in [0, 0.1) is 11.6 Å². The molecule has 0 bridgehead atoms. The van der Waals surface area contributed by atoms with Crippen LogP contribution in [0.1, 0.15) is 0 Å². The molecule has 0 atom stereocenters. The summed E-state index contributed by atoms with van der Waals surface area (Å²) in [4.78, 5) is 13.6. The highest BCUT2D eigenvalue weighted by atomic mass is 19.1. The zero-order chi connectivity index (χ0) is 21.9. The summed E-state index contributed by atoms with van der Waals surface area (Å²) in [5.74, 6) is -0.277. The first-order valence-corrected chi connectivity index (χ1v) is 10.1. The average molecular weight is 421 g/mol. The second-order valence-corrected chi connectivity index (χ2v) is 7.18. The molecule has 1 heterocycles. The zero-order valence-corrected chi connectivity index (χ0v) is 16.9. The third-order valence-electron chi connectivity index (χ3n) is 5.12. The maximum Gasteiger partial charge on any atom is 0.167 e. The first-order chi connectivity index (χ1) is 15.7. The molecule has 0 fully saturated rings. The van der Waals surface area contributed by atoms with Crippen LogP contribution in [0.2, 0.25) is 0 Å². The smallest absolute Gasteiger partial charge is 0.167 e. The maximum absolute atomic E-state index is 14.6. The van der Waals surface area contributed by atoms with Crippen LogP contribution in [-0.2, 0) is 0 Å². The molecule has 5 aromatic rings. The van der Waals surface area contributed by atoms with E-state index in [0.29, 0.717) is 5.82 Å². The van der Waals surface area contributed by atoms with Crippen molar-refractivity contribution in [3.8, 4) is 45.3 Å². The van der Waals surface area contributed by atoms with Gasteiger partial charge in [-0.3, -0.25) is 0 Å². The SMILES string of the molecule is Fc1ccccc1-c1nc(-c2ccccc2F)nc(-c2ccccc2-c2ccccc2)n1. The Morgan fingerprint density at radius 1 is 0.375 bits per heavy atom. The van der Waals surface area contributed by atoms with Crippen molar-refractivity contribution >= 4 is 0 Å². The Kier molecular flexibility index (Phi) is 5.22. The van der Waals surface area contributed by atoms with E-state index in [-0.39, 0.29) is 22.8 Å². The Morgan fingerprint density at radius 2 is 0.750 bits per heavy atom. The van der Waals surface area contributed by atoms with E-state index < -0.39 is 11.6 Å². The molecule has 5 heteroatoms. The fourth-order valence-corrected chi connectivity index (χ4v) is 3.57. The molecule has 154 valence electrons. The Hall–Kier alpha value is -4.25. The summed E-state index contributed by atoms with van der Waals surface area (Å²) in [6.07, 6.45) is 0. The normalized spacial score (nSPS) is 10.8. The van der Waals surface area contributed by atoms with Gasteiger partial charge in [-0.05, 0) is 35.4 Å². The molecule has 1 aromatic heterocycles. The summed E-state index contributed by atoms with van der Waals surface area (Å²) < 4.78 is 29.2. The van der Waals surface area contributed by atoms with E-state index in [0.717, 1.165) is 16.7 Å². The lowest BCUT2D eigenvalue weighted by Gasteiger charge is -2.12. The molecule has 3 nitrogen and oxygen atoms in total. The molecule has 5 rings (SSSR count). The van der Waals surface area contributed by atoms with Crippen molar-refractivity contribution in [2.45, 2.75) is 0 Å². The van der Waals surface area contributed by atoms with Gasteiger partial charge in [-0.2, -0.15) is 0 Å². The molecule has 0 unspecified atom stereocenters. The highest BCUT2D eigenvalue weighted by Crippen LogP contribution is 2.32. The van der Waals surface area contributed by atoms with E-state index in [4.69, 9.17) is 0 Å². The van der Waals surface area contributed by atoms with E-state index >= 15 is 0 Å². The van der Waals surface area contributed by atoms with Crippen molar-refractivity contribution < 1.29 is 8.78 Å². The number of aromatic nitrogens is 3. The summed E-state index contributed by atoms with van der Waals surface area (Å²) >= 11 is 0. The van der Waals surface area contributed by atoms with Crippen LogP contribution in [0.3, 0.4) is 0 Å². The Morgan fingerprint density at radius 3 is 1.25 bits per heavy atom. The Bertz CT molecular complexity index is 1340. The molecule has 0 amide bonds. The standard InChI is InChI=1S/C27H17F2N3/c28-23-16-8-6-14-21(23)26-30-25(31-27(32-26)22-15-7-9-17-24(22)29)20-13-5-4-12-19(20)18-10-2-1-3-11-18/h1-17H. The van der Waals surface area contributed by atoms with Crippen molar-refractivity contribution in [1.82, 2.24) is 15.0 Å². The number of benzene rings is 4. The second-order valence-electron chi connectivity index (χ2n) is 7.18. The number of rotatable bonds is 4. The molecular formula is C27H17F2N3.